The Morgan fingerprint density at radius 2 is 1.88 bits per heavy atom. The zero-order valence-corrected chi connectivity index (χ0v) is 15.7. The Hall–Kier alpha value is -1.21. The van der Waals surface area contributed by atoms with Gasteiger partial charge in [0, 0.05) is 6.61 Å². The third-order valence-electron chi connectivity index (χ3n) is 3.96. The SMILES string of the molecule is Cc1ccc(S(=O)(=O)OCC/C=C\CCCO[C@H]2CCCCO2)cc1. The van der Waals surface area contributed by atoms with Crippen LogP contribution in [-0.2, 0) is 23.8 Å². The van der Waals surface area contributed by atoms with Gasteiger partial charge in [0.1, 0.15) is 0 Å². The smallest absolute Gasteiger partial charge is 0.296 e. The number of unbranched alkanes of at least 4 members (excludes halogenated alkanes) is 1. The lowest BCUT2D eigenvalue weighted by Crippen LogP contribution is -2.22. The van der Waals surface area contributed by atoms with Gasteiger partial charge in [-0.1, -0.05) is 29.8 Å². The summed E-state index contributed by atoms with van der Waals surface area (Å²) in [4.78, 5) is 0.198. The van der Waals surface area contributed by atoms with Crippen LogP contribution in [0.5, 0.6) is 0 Å². The molecular weight excluding hydrogens is 340 g/mol. The minimum atomic E-state index is -3.66. The van der Waals surface area contributed by atoms with E-state index in [1.807, 2.05) is 19.1 Å². The average Bonchev–Trinajstić information content (AvgIpc) is 2.61. The molecule has 0 bridgehead atoms. The normalized spacial score (nSPS) is 18.7. The summed E-state index contributed by atoms with van der Waals surface area (Å²) in [6.45, 7) is 3.55. The quantitative estimate of drug-likeness (QED) is 0.355. The molecule has 1 aromatic carbocycles. The highest BCUT2D eigenvalue weighted by Gasteiger charge is 2.14. The van der Waals surface area contributed by atoms with E-state index in [2.05, 4.69) is 0 Å². The van der Waals surface area contributed by atoms with Crippen LogP contribution >= 0.6 is 0 Å². The topological polar surface area (TPSA) is 61.8 Å². The number of benzene rings is 1. The summed E-state index contributed by atoms with van der Waals surface area (Å²) in [6.07, 6.45) is 9.64. The molecular formula is C19H28O5S. The monoisotopic (exact) mass is 368 g/mol. The van der Waals surface area contributed by atoms with Crippen LogP contribution in [-0.4, -0.2) is 34.5 Å². The fourth-order valence-corrected chi connectivity index (χ4v) is 3.41. The second-order valence-electron chi connectivity index (χ2n) is 6.16. The lowest BCUT2D eigenvalue weighted by Gasteiger charge is -2.22. The molecule has 0 radical (unpaired) electrons. The first kappa shape index (κ1) is 20.1. The van der Waals surface area contributed by atoms with Crippen LogP contribution in [0.1, 0.15) is 44.1 Å². The van der Waals surface area contributed by atoms with Gasteiger partial charge in [-0.3, -0.25) is 4.18 Å². The average molecular weight is 368 g/mol. The lowest BCUT2D eigenvalue weighted by molar-refractivity contribution is -0.162. The van der Waals surface area contributed by atoms with E-state index in [0.717, 1.165) is 37.9 Å². The molecule has 5 nitrogen and oxygen atoms in total. The van der Waals surface area contributed by atoms with Crippen molar-refractivity contribution in [3.8, 4) is 0 Å². The maximum atomic E-state index is 12.0. The summed E-state index contributed by atoms with van der Waals surface area (Å²) in [5.41, 5.74) is 1.01. The maximum absolute atomic E-state index is 12.0. The minimum Gasteiger partial charge on any atom is -0.353 e. The molecule has 1 saturated heterocycles. The number of ether oxygens (including phenoxy) is 2. The Balaban J connectivity index is 1.54. The Morgan fingerprint density at radius 3 is 2.60 bits per heavy atom. The summed E-state index contributed by atoms with van der Waals surface area (Å²) < 4.78 is 40.2. The molecule has 2 rings (SSSR count). The second-order valence-corrected chi connectivity index (χ2v) is 7.77. The first-order valence-corrected chi connectivity index (χ1v) is 10.3. The van der Waals surface area contributed by atoms with Crippen molar-refractivity contribution in [3.05, 3.63) is 42.0 Å². The van der Waals surface area contributed by atoms with E-state index in [1.165, 1.54) is 6.42 Å². The van der Waals surface area contributed by atoms with Crippen molar-refractivity contribution in [3.63, 3.8) is 0 Å². The first-order valence-electron chi connectivity index (χ1n) is 8.92. The van der Waals surface area contributed by atoms with Crippen LogP contribution in [0, 0.1) is 6.92 Å². The molecule has 6 heteroatoms. The zero-order chi connectivity index (χ0) is 18.0. The molecule has 25 heavy (non-hydrogen) atoms. The minimum absolute atomic E-state index is 0.0295. The summed E-state index contributed by atoms with van der Waals surface area (Å²) in [5, 5.41) is 0. The maximum Gasteiger partial charge on any atom is 0.296 e. The standard InChI is InChI=1S/C19H28O5S/c1-17-10-12-18(13-11-17)25(20,21)24-16-7-4-2-3-6-14-22-19-9-5-8-15-23-19/h2,4,10-13,19H,3,5-9,14-16H2,1H3/b4-2-/t19-/m1/s1. The summed E-state index contributed by atoms with van der Waals surface area (Å²) >= 11 is 0. The fourth-order valence-electron chi connectivity index (χ4n) is 2.49. The van der Waals surface area contributed by atoms with E-state index in [9.17, 15) is 8.42 Å². The fraction of sp³-hybridized carbons (Fsp3) is 0.579. The van der Waals surface area contributed by atoms with E-state index >= 15 is 0 Å². The number of hydrogen-bond acceptors (Lipinski definition) is 5. The molecule has 1 fully saturated rings. The molecule has 0 spiro atoms. The number of aryl methyl sites for hydroxylation is 1. The van der Waals surface area contributed by atoms with E-state index in [-0.39, 0.29) is 17.8 Å². The van der Waals surface area contributed by atoms with Crippen LogP contribution in [0.25, 0.3) is 0 Å². The van der Waals surface area contributed by atoms with E-state index < -0.39 is 10.1 Å². The summed E-state index contributed by atoms with van der Waals surface area (Å²) in [6, 6.07) is 6.65. The van der Waals surface area contributed by atoms with Gasteiger partial charge in [-0.25, -0.2) is 0 Å². The summed E-state index contributed by atoms with van der Waals surface area (Å²) in [7, 11) is -3.66. The molecule has 0 saturated carbocycles. The third kappa shape index (κ3) is 7.69. The van der Waals surface area contributed by atoms with Crippen LogP contribution < -0.4 is 0 Å². The largest absolute Gasteiger partial charge is 0.353 e. The van der Waals surface area contributed by atoms with Crippen molar-refractivity contribution in [1.82, 2.24) is 0 Å². The van der Waals surface area contributed by atoms with Gasteiger partial charge in [0.25, 0.3) is 10.1 Å². The van der Waals surface area contributed by atoms with E-state index in [0.29, 0.717) is 13.0 Å². The Bertz CT molecular complexity index is 616. The molecule has 1 atom stereocenters. The number of hydrogen-bond donors (Lipinski definition) is 0. The van der Waals surface area contributed by atoms with Crippen molar-refractivity contribution in [2.45, 2.75) is 56.6 Å². The van der Waals surface area contributed by atoms with Gasteiger partial charge < -0.3 is 9.47 Å². The highest BCUT2D eigenvalue weighted by Crippen LogP contribution is 2.15. The molecule has 0 amide bonds. The summed E-state index contributed by atoms with van der Waals surface area (Å²) in [5.74, 6) is 0. The van der Waals surface area contributed by atoms with Crippen molar-refractivity contribution in [2.24, 2.45) is 0 Å². The lowest BCUT2D eigenvalue weighted by atomic mass is 10.2. The first-order chi connectivity index (χ1) is 12.1. The molecule has 0 aromatic heterocycles. The van der Waals surface area contributed by atoms with Gasteiger partial charge in [-0.15, -0.1) is 0 Å². The highest BCUT2D eigenvalue weighted by atomic mass is 32.2. The van der Waals surface area contributed by atoms with Crippen molar-refractivity contribution >= 4 is 10.1 Å². The van der Waals surface area contributed by atoms with Crippen LogP contribution in [0.15, 0.2) is 41.3 Å². The van der Waals surface area contributed by atoms with Crippen molar-refractivity contribution in [1.29, 1.82) is 0 Å². The molecule has 1 aliphatic heterocycles. The van der Waals surface area contributed by atoms with Gasteiger partial charge in [0.05, 0.1) is 18.1 Å². The van der Waals surface area contributed by atoms with Gasteiger partial charge >= 0.3 is 0 Å². The van der Waals surface area contributed by atoms with E-state index in [4.69, 9.17) is 13.7 Å². The number of rotatable bonds is 10. The van der Waals surface area contributed by atoms with Gasteiger partial charge in [-0.05, 0) is 57.6 Å². The van der Waals surface area contributed by atoms with Gasteiger partial charge in [0.15, 0.2) is 6.29 Å². The predicted octanol–water partition coefficient (Wildman–Crippen LogP) is 3.97. The second kappa shape index (κ2) is 10.7. The molecule has 1 aromatic rings. The third-order valence-corrected chi connectivity index (χ3v) is 5.28. The highest BCUT2D eigenvalue weighted by molar-refractivity contribution is 7.86. The Kier molecular flexibility index (Phi) is 8.61. The number of allylic oxidation sites excluding steroid dienone is 1. The Morgan fingerprint density at radius 1 is 1.12 bits per heavy atom. The van der Waals surface area contributed by atoms with Crippen LogP contribution in [0.2, 0.25) is 0 Å². The molecule has 0 unspecified atom stereocenters. The molecule has 140 valence electrons. The molecule has 1 aliphatic rings. The zero-order valence-electron chi connectivity index (χ0n) is 14.9. The van der Waals surface area contributed by atoms with Crippen molar-refractivity contribution < 1.29 is 22.1 Å². The van der Waals surface area contributed by atoms with Crippen molar-refractivity contribution in [2.75, 3.05) is 19.8 Å². The molecule has 0 aliphatic carbocycles. The molecule has 1 heterocycles. The predicted molar refractivity (Wildman–Crippen MR) is 96.9 cm³/mol. The molecule has 0 N–H and O–H groups in total. The van der Waals surface area contributed by atoms with Gasteiger partial charge in [-0.2, -0.15) is 8.42 Å². The van der Waals surface area contributed by atoms with E-state index in [1.54, 1.807) is 24.3 Å². The van der Waals surface area contributed by atoms with Crippen LogP contribution in [0.3, 0.4) is 0 Å². The van der Waals surface area contributed by atoms with Gasteiger partial charge in [0.2, 0.25) is 0 Å². The van der Waals surface area contributed by atoms with Crippen LogP contribution in [0.4, 0.5) is 0 Å². The Labute approximate surface area is 151 Å².